The van der Waals surface area contributed by atoms with Crippen LogP contribution in [-0.2, 0) is 19.1 Å². The molecule has 1 rings (SSSR count). The standard InChI is InChI=1S/C16H21NO5/c1-12(2)16(19)22-11-9-20-8-10-21-15-6-4-14(5-7-15)17-13(3)18/h4-7H,1,8-11H2,2-3H3,(H,17,18). The molecule has 6 nitrogen and oxygen atoms in total. The van der Waals surface area contributed by atoms with Crippen molar-refractivity contribution in [3.05, 3.63) is 36.4 Å². The van der Waals surface area contributed by atoms with Gasteiger partial charge in [0.05, 0.1) is 13.2 Å². The SMILES string of the molecule is C=C(C)C(=O)OCCOCCOc1ccc(NC(C)=O)cc1. The third kappa shape index (κ3) is 7.44. The van der Waals surface area contributed by atoms with E-state index < -0.39 is 5.97 Å². The molecular formula is C16H21NO5. The van der Waals surface area contributed by atoms with Gasteiger partial charge in [-0.05, 0) is 31.2 Å². The van der Waals surface area contributed by atoms with Gasteiger partial charge in [-0.15, -0.1) is 0 Å². The number of rotatable bonds is 9. The molecule has 1 aromatic carbocycles. The van der Waals surface area contributed by atoms with Gasteiger partial charge in [0.25, 0.3) is 0 Å². The van der Waals surface area contributed by atoms with Crippen LogP contribution in [0.5, 0.6) is 5.75 Å². The fourth-order valence-corrected chi connectivity index (χ4v) is 1.47. The number of benzene rings is 1. The van der Waals surface area contributed by atoms with E-state index in [9.17, 15) is 9.59 Å². The lowest BCUT2D eigenvalue weighted by Crippen LogP contribution is -2.13. The molecule has 120 valence electrons. The Morgan fingerprint density at radius 2 is 1.68 bits per heavy atom. The van der Waals surface area contributed by atoms with Crippen LogP contribution in [0.4, 0.5) is 5.69 Å². The van der Waals surface area contributed by atoms with Gasteiger partial charge >= 0.3 is 5.97 Å². The van der Waals surface area contributed by atoms with Crippen molar-refractivity contribution in [3.8, 4) is 5.75 Å². The van der Waals surface area contributed by atoms with Crippen LogP contribution in [-0.4, -0.2) is 38.3 Å². The molecule has 0 radical (unpaired) electrons. The fourth-order valence-electron chi connectivity index (χ4n) is 1.47. The predicted molar refractivity (Wildman–Crippen MR) is 82.8 cm³/mol. The van der Waals surface area contributed by atoms with Gasteiger partial charge in [0.15, 0.2) is 0 Å². The number of carbonyl (C=O) groups is 2. The molecule has 0 aliphatic rings. The largest absolute Gasteiger partial charge is 0.491 e. The smallest absolute Gasteiger partial charge is 0.333 e. The number of nitrogens with one attached hydrogen (secondary N) is 1. The highest BCUT2D eigenvalue weighted by Gasteiger charge is 2.02. The summed E-state index contributed by atoms with van der Waals surface area (Å²) >= 11 is 0. The second kappa shape index (κ2) is 9.57. The molecule has 6 heteroatoms. The van der Waals surface area contributed by atoms with Gasteiger partial charge in [0.2, 0.25) is 5.91 Å². The van der Waals surface area contributed by atoms with Crippen molar-refractivity contribution in [3.63, 3.8) is 0 Å². The summed E-state index contributed by atoms with van der Waals surface area (Å²) in [5.74, 6) is 0.153. The summed E-state index contributed by atoms with van der Waals surface area (Å²) in [6.45, 7) is 7.80. The van der Waals surface area contributed by atoms with Gasteiger partial charge in [0.1, 0.15) is 19.0 Å². The molecule has 1 N–H and O–H groups in total. The van der Waals surface area contributed by atoms with Crippen molar-refractivity contribution in [1.29, 1.82) is 0 Å². The monoisotopic (exact) mass is 307 g/mol. The second-order valence-corrected chi connectivity index (χ2v) is 4.58. The van der Waals surface area contributed by atoms with Crippen molar-refractivity contribution in [1.82, 2.24) is 0 Å². The van der Waals surface area contributed by atoms with E-state index in [2.05, 4.69) is 11.9 Å². The zero-order chi connectivity index (χ0) is 16.4. The third-order valence-electron chi connectivity index (χ3n) is 2.48. The van der Waals surface area contributed by atoms with Crippen LogP contribution in [0.3, 0.4) is 0 Å². The van der Waals surface area contributed by atoms with E-state index in [-0.39, 0.29) is 12.5 Å². The molecule has 0 heterocycles. The summed E-state index contributed by atoms with van der Waals surface area (Å²) in [5.41, 5.74) is 1.08. The highest BCUT2D eigenvalue weighted by Crippen LogP contribution is 2.15. The molecule has 0 aliphatic carbocycles. The topological polar surface area (TPSA) is 73.9 Å². The average Bonchev–Trinajstić information content (AvgIpc) is 2.47. The zero-order valence-corrected chi connectivity index (χ0v) is 12.9. The van der Waals surface area contributed by atoms with Gasteiger partial charge in [-0.3, -0.25) is 4.79 Å². The van der Waals surface area contributed by atoms with Gasteiger partial charge in [0, 0.05) is 18.2 Å². The Bertz CT molecular complexity index is 510. The number of hydrogen-bond acceptors (Lipinski definition) is 5. The molecule has 1 aromatic rings. The maximum Gasteiger partial charge on any atom is 0.333 e. The van der Waals surface area contributed by atoms with Gasteiger partial charge in [-0.25, -0.2) is 4.79 Å². The van der Waals surface area contributed by atoms with E-state index in [1.807, 2.05) is 0 Å². The van der Waals surface area contributed by atoms with Crippen LogP contribution in [0.1, 0.15) is 13.8 Å². The zero-order valence-electron chi connectivity index (χ0n) is 12.9. The van der Waals surface area contributed by atoms with Crippen molar-refractivity contribution < 1.29 is 23.8 Å². The first-order valence-electron chi connectivity index (χ1n) is 6.90. The van der Waals surface area contributed by atoms with E-state index in [0.29, 0.717) is 31.1 Å². The maximum atomic E-state index is 11.1. The molecule has 0 aliphatic heterocycles. The van der Waals surface area contributed by atoms with E-state index in [4.69, 9.17) is 14.2 Å². The van der Waals surface area contributed by atoms with Crippen molar-refractivity contribution in [2.75, 3.05) is 31.7 Å². The Kier molecular flexibility index (Phi) is 7.70. The lowest BCUT2D eigenvalue weighted by molar-refractivity contribution is -0.140. The summed E-state index contributed by atoms with van der Waals surface area (Å²) in [4.78, 5) is 22.0. The average molecular weight is 307 g/mol. The molecule has 1 amide bonds. The number of anilines is 1. The van der Waals surface area contributed by atoms with Crippen molar-refractivity contribution in [2.24, 2.45) is 0 Å². The normalized spacial score (nSPS) is 9.91. The summed E-state index contributed by atoms with van der Waals surface area (Å²) < 4.78 is 15.6. The number of hydrogen-bond donors (Lipinski definition) is 1. The molecule has 0 bridgehead atoms. The Hall–Kier alpha value is -2.34. The Morgan fingerprint density at radius 1 is 1.05 bits per heavy atom. The minimum Gasteiger partial charge on any atom is -0.491 e. The molecule has 0 unspecified atom stereocenters. The van der Waals surface area contributed by atoms with Crippen molar-refractivity contribution >= 4 is 17.6 Å². The fraction of sp³-hybridized carbons (Fsp3) is 0.375. The molecular weight excluding hydrogens is 286 g/mol. The Labute approximate surface area is 130 Å². The number of esters is 1. The van der Waals surface area contributed by atoms with Crippen LogP contribution < -0.4 is 10.1 Å². The Balaban J connectivity index is 2.11. The quantitative estimate of drug-likeness (QED) is 0.430. The lowest BCUT2D eigenvalue weighted by Gasteiger charge is -2.08. The number of ether oxygens (including phenoxy) is 3. The van der Waals surface area contributed by atoms with Crippen LogP contribution in [0.25, 0.3) is 0 Å². The predicted octanol–water partition coefficient (Wildman–Crippen LogP) is 2.16. The third-order valence-corrected chi connectivity index (χ3v) is 2.48. The van der Waals surface area contributed by atoms with Gasteiger partial charge < -0.3 is 19.5 Å². The van der Waals surface area contributed by atoms with E-state index >= 15 is 0 Å². The molecule has 0 saturated carbocycles. The molecule has 22 heavy (non-hydrogen) atoms. The molecule has 0 fully saturated rings. The summed E-state index contributed by atoms with van der Waals surface area (Å²) in [7, 11) is 0. The van der Waals surface area contributed by atoms with E-state index in [0.717, 1.165) is 5.69 Å². The summed E-state index contributed by atoms with van der Waals surface area (Å²) in [5, 5.41) is 2.67. The molecule has 0 saturated heterocycles. The first-order valence-corrected chi connectivity index (χ1v) is 6.90. The van der Waals surface area contributed by atoms with Gasteiger partial charge in [-0.1, -0.05) is 6.58 Å². The first-order chi connectivity index (χ1) is 10.5. The van der Waals surface area contributed by atoms with E-state index in [1.54, 1.807) is 31.2 Å². The number of carbonyl (C=O) groups excluding carboxylic acids is 2. The molecule has 0 atom stereocenters. The minimum atomic E-state index is -0.417. The summed E-state index contributed by atoms with van der Waals surface area (Å²) in [6, 6.07) is 7.04. The lowest BCUT2D eigenvalue weighted by atomic mass is 10.3. The van der Waals surface area contributed by atoms with Crippen LogP contribution in [0, 0.1) is 0 Å². The van der Waals surface area contributed by atoms with Crippen LogP contribution in [0.2, 0.25) is 0 Å². The Morgan fingerprint density at radius 3 is 2.27 bits per heavy atom. The highest BCUT2D eigenvalue weighted by atomic mass is 16.6. The minimum absolute atomic E-state index is 0.116. The van der Waals surface area contributed by atoms with Crippen LogP contribution >= 0.6 is 0 Å². The maximum absolute atomic E-state index is 11.1. The number of amides is 1. The van der Waals surface area contributed by atoms with Crippen molar-refractivity contribution in [2.45, 2.75) is 13.8 Å². The summed E-state index contributed by atoms with van der Waals surface area (Å²) in [6.07, 6.45) is 0. The second-order valence-electron chi connectivity index (χ2n) is 4.58. The first kappa shape index (κ1) is 17.7. The molecule has 0 aromatic heterocycles. The van der Waals surface area contributed by atoms with E-state index in [1.165, 1.54) is 6.92 Å². The highest BCUT2D eigenvalue weighted by molar-refractivity contribution is 5.88. The van der Waals surface area contributed by atoms with Gasteiger partial charge in [-0.2, -0.15) is 0 Å². The molecule has 0 spiro atoms. The van der Waals surface area contributed by atoms with Crippen LogP contribution in [0.15, 0.2) is 36.4 Å².